The van der Waals surface area contributed by atoms with Crippen LogP contribution in [0.15, 0.2) is 24.4 Å². The van der Waals surface area contributed by atoms with Gasteiger partial charge in [-0.1, -0.05) is 6.58 Å². The molecule has 2 aliphatic heterocycles. The maximum absolute atomic E-state index is 11.6. The summed E-state index contributed by atoms with van der Waals surface area (Å²) < 4.78 is 0. The topological polar surface area (TPSA) is 84.0 Å². The fourth-order valence-corrected chi connectivity index (χ4v) is 1.93. The highest BCUT2D eigenvalue weighted by atomic mass is 16.7. The number of amides is 3. The average molecular weight is 278 g/mol. The molecule has 2 aliphatic rings. The van der Waals surface area contributed by atoms with Crippen LogP contribution in [0.1, 0.15) is 25.7 Å². The Morgan fingerprint density at radius 3 is 2.40 bits per heavy atom. The molecule has 0 aromatic carbocycles. The monoisotopic (exact) mass is 278 g/mol. The fourth-order valence-electron chi connectivity index (χ4n) is 1.93. The van der Waals surface area contributed by atoms with Gasteiger partial charge < -0.3 is 4.84 Å². The number of carbonyl (C=O) groups excluding carboxylic acids is 4. The number of carbonyl (C=O) groups is 4. The fraction of sp³-hybridized carbons (Fsp3) is 0.385. The van der Waals surface area contributed by atoms with Crippen LogP contribution in [0.4, 0.5) is 0 Å². The summed E-state index contributed by atoms with van der Waals surface area (Å²) in [6, 6.07) is 0. The first kappa shape index (κ1) is 14.0. The van der Waals surface area contributed by atoms with Crippen LogP contribution < -0.4 is 0 Å². The SMILES string of the molecule is C=C1CCC(=O)N1OC(=O)CCCN1C(=O)C=CC1=O. The number of rotatable bonds is 5. The van der Waals surface area contributed by atoms with Crippen molar-refractivity contribution in [2.45, 2.75) is 25.7 Å². The molecule has 0 N–H and O–H groups in total. The zero-order valence-electron chi connectivity index (χ0n) is 10.8. The Morgan fingerprint density at radius 1 is 1.20 bits per heavy atom. The minimum atomic E-state index is -0.589. The summed E-state index contributed by atoms with van der Waals surface area (Å²) in [5.74, 6) is -1.65. The highest BCUT2D eigenvalue weighted by molar-refractivity contribution is 6.12. The molecule has 20 heavy (non-hydrogen) atoms. The number of hydrogen-bond donors (Lipinski definition) is 0. The van der Waals surface area contributed by atoms with Crippen LogP contribution in [0.2, 0.25) is 0 Å². The summed E-state index contributed by atoms with van der Waals surface area (Å²) in [6.45, 7) is 3.77. The van der Waals surface area contributed by atoms with E-state index in [1.807, 2.05) is 0 Å². The molecule has 7 nitrogen and oxygen atoms in total. The second-order valence-electron chi connectivity index (χ2n) is 4.48. The van der Waals surface area contributed by atoms with Crippen molar-refractivity contribution < 1.29 is 24.0 Å². The maximum atomic E-state index is 11.6. The molecule has 0 aromatic heterocycles. The quantitative estimate of drug-likeness (QED) is 0.675. The summed E-state index contributed by atoms with van der Waals surface area (Å²) >= 11 is 0. The molecule has 1 fully saturated rings. The van der Waals surface area contributed by atoms with E-state index in [2.05, 4.69) is 6.58 Å². The molecule has 0 radical (unpaired) electrons. The van der Waals surface area contributed by atoms with E-state index in [0.717, 1.165) is 9.96 Å². The van der Waals surface area contributed by atoms with Gasteiger partial charge in [0.15, 0.2) is 0 Å². The van der Waals surface area contributed by atoms with E-state index in [4.69, 9.17) is 4.84 Å². The van der Waals surface area contributed by atoms with E-state index in [0.29, 0.717) is 12.1 Å². The second-order valence-corrected chi connectivity index (χ2v) is 4.48. The molecule has 7 heteroatoms. The maximum Gasteiger partial charge on any atom is 0.333 e. The van der Waals surface area contributed by atoms with E-state index in [1.165, 1.54) is 12.2 Å². The van der Waals surface area contributed by atoms with Crippen LogP contribution in [0, 0.1) is 0 Å². The van der Waals surface area contributed by atoms with Gasteiger partial charge in [-0.15, -0.1) is 5.06 Å². The molecule has 2 heterocycles. The molecule has 0 atom stereocenters. The molecule has 0 aromatic rings. The molecule has 106 valence electrons. The van der Waals surface area contributed by atoms with Gasteiger partial charge in [0.1, 0.15) is 0 Å². The first-order chi connectivity index (χ1) is 9.49. The molecule has 1 saturated heterocycles. The lowest BCUT2D eigenvalue weighted by Gasteiger charge is -2.16. The Bertz CT molecular complexity index is 489. The van der Waals surface area contributed by atoms with E-state index < -0.39 is 5.97 Å². The Hall–Kier alpha value is -2.44. The van der Waals surface area contributed by atoms with Crippen LogP contribution in [0.25, 0.3) is 0 Å². The summed E-state index contributed by atoms with van der Waals surface area (Å²) in [4.78, 5) is 51.4. The molecular formula is C13H14N2O5. The molecule has 0 saturated carbocycles. The van der Waals surface area contributed by atoms with Gasteiger partial charge in [0.05, 0.1) is 5.70 Å². The standard InChI is InChI=1S/C13H14N2O5/c1-9-4-5-12(18)15(9)20-13(19)3-2-8-14-10(16)6-7-11(14)17/h6-7H,1-5,8H2. The van der Waals surface area contributed by atoms with E-state index >= 15 is 0 Å². The molecule has 3 amide bonds. The van der Waals surface area contributed by atoms with E-state index in [1.54, 1.807) is 0 Å². The highest BCUT2D eigenvalue weighted by Crippen LogP contribution is 2.21. The Labute approximate surface area is 115 Å². The van der Waals surface area contributed by atoms with Crippen LogP contribution in [-0.2, 0) is 24.0 Å². The van der Waals surface area contributed by atoms with Gasteiger partial charge in [-0.05, 0) is 12.8 Å². The number of allylic oxidation sites excluding steroid dienone is 1. The van der Waals surface area contributed by atoms with Gasteiger partial charge in [-0.25, -0.2) is 4.79 Å². The predicted octanol–water partition coefficient (Wildman–Crippen LogP) is 0.286. The van der Waals surface area contributed by atoms with Crippen LogP contribution in [0.3, 0.4) is 0 Å². The Morgan fingerprint density at radius 2 is 1.85 bits per heavy atom. The zero-order chi connectivity index (χ0) is 14.7. The van der Waals surface area contributed by atoms with Crippen molar-refractivity contribution in [1.29, 1.82) is 0 Å². The van der Waals surface area contributed by atoms with Crippen LogP contribution >= 0.6 is 0 Å². The van der Waals surface area contributed by atoms with E-state index in [9.17, 15) is 19.2 Å². The van der Waals surface area contributed by atoms with Crippen LogP contribution in [-0.4, -0.2) is 40.2 Å². The molecule has 0 spiro atoms. The Kier molecular flexibility index (Phi) is 3.97. The van der Waals surface area contributed by atoms with E-state index in [-0.39, 0.29) is 43.5 Å². The van der Waals surface area contributed by atoms with Crippen molar-refractivity contribution in [3.63, 3.8) is 0 Å². The van der Waals surface area contributed by atoms with Gasteiger partial charge in [0, 0.05) is 31.5 Å². The third-order valence-electron chi connectivity index (χ3n) is 3.00. The number of nitrogens with zero attached hydrogens (tertiary/aromatic N) is 2. The molecule has 0 unspecified atom stereocenters. The van der Waals surface area contributed by atoms with Crippen molar-refractivity contribution in [2.24, 2.45) is 0 Å². The first-order valence-electron chi connectivity index (χ1n) is 6.24. The smallest absolute Gasteiger partial charge is 0.333 e. The van der Waals surface area contributed by atoms with Gasteiger partial charge in [0.2, 0.25) is 0 Å². The number of hydroxylamine groups is 2. The summed E-state index contributed by atoms with van der Waals surface area (Å²) in [5, 5.41) is 0.913. The van der Waals surface area contributed by atoms with Crippen LogP contribution in [0.5, 0.6) is 0 Å². The third-order valence-corrected chi connectivity index (χ3v) is 3.00. The van der Waals surface area contributed by atoms with Gasteiger partial charge >= 0.3 is 5.97 Å². The van der Waals surface area contributed by atoms with Crippen molar-refractivity contribution in [3.05, 3.63) is 24.4 Å². The first-order valence-corrected chi connectivity index (χ1v) is 6.24. The molecule has 0 bridgehead atoms. The average Bonchev–Trinajstić information content (AvgIpc) is 2.88. The van der Waals surface area contributed by atoms with Gasteiger partial charge in [-0.2, -0.15) is 0 Å². The molecular weight excluding hydrogens is 264 g/mol. The number of hydrogen-bond acceptors (Lipinski definition) is 5. The summed E-state index contributed by atoms with van der Waals surface area (Å²) in [7, 11) is 0. The lowest BCUT2D eigenvalue weighted by Crippen LogP contribution is -2.32. The summed E-state index contributed by atoms with van der Waals surface area (Å²) in [6.07, 6.45) is 3.44. The minimum absolute atomic E-state index is 0.00806. The molecule has 0 aliphatic carbocycles. The normalized spacial score (nSPS) is 18.4. The molecule has 2 rings (SSSR count). The zero-order valence-corrected chi connectivity index (χ0v) is 10.8. The van der Waals surface area contributed by atoms with Crippen molar-refractivity contribution in [3.8, 4) is 0 Å². The minimum Gasteiger partial charge on any atom is -0.334 e. The van der Waals surface area contributed by atoms with Crippen molar-refractivity contribution in [2.75, 3.05) is 6.54 Å². The second kappa shape index (κ2) is 5.68. The van der Waals surface area contributed by atoms with Gasteiger partial charge in [0.25, 0.3) is 17.7 Å². The lowest BCUT2D eigenvalue weighted by molar-refractivity contribution is -0.186. The lowest BCUT2D eigenvalue weighted by atomic mass is 10.3. The predicted molar refractivity (Wildman–Crippen MR) is 66.4 cm³/mol. The third kappa shape index (κ3) is 2.93. The number of imide groups is 1. The van der Waals surface area contributed by atoms with Crippen molar-refractivity contribution >= 4 is 23.7 Å². The van der Waals surface area contributed by atoms with Gasteiger partial charge in [-0.3, -0.25) is 19.3 Å². The highest BCUT2D eigenvalue weighted by Gasteiger charge is 2.28. The Balaban J connectivity index is 1.73. The largest absolute Gasteiger partial charge is 0.334 e. The summed E-state index contributed by atoms with van der Waals surface area (Å²) in [5.41, 5.74) is 0.456. The van der Waals surface area contributed by atoms with Crippen molar-refractivity contribution in [1.82, 2.24) is 9.96 Å².